The molecule has 150 valence electrons. The Morgan fingerprint density at radius 2 is 1.82 bits per heavy atom. The summed E-state index contributed by atoms with van der Waals surface area (Å²) in [4.78, 5) is 14.9. The number of morpholine rings is 1. The maximum atomic E-state index is 12.5. The lowest BCUT2D eigenvalue weighted by Crippen LogP contribution is -2.43. The first-order chi connectivity index (χ1) is 13.8. The number of hydrogen-bond donors (Lipinski definition) is 1. The highest BCUT2D eigenvalue weighted by Crippen LogP contribution is 2.22. The Labute approximate surface area is 167 Å². The van der Waals surface area contributed by atoms with Gasteiger partial charge in [-0.05, 0) is 30.5 Å². The molecule has 1 heterocycles. The summed E-state index contributed by atoms with van der Waals surface area (Å²) in [5.74, 6) is 0.939. The van der Waals surface area contributed by atoms with Crippen LogP contribution in [-0.2, 0) is 16.0 Å². The molecule has 0 saturated carbocycles. The average molecular weight is 383 g/mol. The summed E-state index contributed by atoms with van der Waals surface area (Å²) in [5, 5.41) is 3.14. The number of ether oxygens (including phenoxy) is 2. The molecular formula is C23H30N2O3. The number of nitrogens with zero attached hydrogens (tertiary/aromatic N) is 1. The van der Waals surface area contributed by atoms with E-state index in [-0.39, 0.29) is 11.9 Å². The van der Waals surface area contributed by atoms with Crippen LogP contribution in [0.2, 0.25) is 0 Å². The van der Waals surface area contributed by atoms with Crippen molar-refractivity contribution in [3.63, 3.8) is 0 Å². The quantitative estimate of drug-likeness (QED) is 0.724. The first kappa shape index (κ1) is 20.4. The van der Waals surface area contributed by atoms with E-state index in [9.17, 15) is 4.79 Å². The summed E-state index contributed by atoms with van der Waals surface area (Å²) in [7, 11) is 0. The molecule has 28 heavy (non-hydrogen) atoms. The van der Waals surface area contributed by atoms with Gasteiger partial charge in [-0.15, -0.1) is 0 Å². The van der Waals surface area contributed by atoms with Crippen molar-refractivity contribution in [1.29, 1.82) is 0 Å². The highest BCUT2D eigenvalue weighted by atomic mass is 16.5. The molecule has 1 aliphatic rings. The number of carbonyl (C=O) groups is 1. The van der Waals surface area contributed by atoms with Gasteiger partial charge < -0.3 is 14.8 Å². The molecule has 1 N–H and O–H groups in total. The van der Waals surface area contributed by atoms with Gasteiger partial charge in [0.2, 0.25) is 5.91 Å². The number of carbonyl (C=O) groups excluding carboxylic acids is 1. The second-order valence-electron chi connectivity index (χ2n) is 6.92. The molecule has 0 bridgehead atoms. The van der Waals surface area contributed by atoms with Crippen LogP contribution in [0.25, 0.3) is 0 Å². The minimum Gasteiger partial charge on any atom is -0.494 e. The first-order valence-electron chi connectivity index (χ1n) is 10.1. The van der Waals surface area contributed by atoms with Crippen LogP contribution in [0, 0.1) is 0 Å². The van der Waals surface area contributed by atoms with Crippen molar-refractivity contribution in [3.8, 4) is 5.75 Å². The SMILES string of the molecule is CCOc1ccccc1CCC(=O)NCC(c1ccccc1)N1CCOCC1. The van der Waals surface area contributed by atoms with E-state index in [0.717, 1.165) is 37.6 Å². The van der Waals surface area contributed by atoms with Crippen LogP contribution >= 0.6 is 0 Å². The van der Waals surface area contributed by atoms with E-state index < -0.39 is 0 Å². The van der Waals surface area contributed by atoms with Crippen molar-refractivity contribution in [2.75, 3.05) is 39.5 Å². The third-order valence-corrected chi connectivity index (χ3v) is 5.06. The van der Waals surface area contributed by atoms with E-state index in [1.165, 1.54) is 5.56 Å². The Morgan fingerprint density at radius 1 is 1.11 bits per heavy atom. The first-order valence-corrected chi connectivity index (χ1v) is 10.1. The molecule has 3 rings (SSSR count). The van der Waals surface area contributed by atoms with Gasteiger partial charge in [-0.1, -0.05) is 48.5 Å². The molecule has 1 saturated heterocycles. The van der Waals surface area contributed by atoms with Crippen LogP contribution in [0.3, 0.4) is 0 Å². The molecule has 5 heteroatoms. The Hall–Kier alpha value is -2.37. The topological polar surface area (TPSA) is 50.8 Å². The summed E-state index contributed by atoms with van der Waals surface area (Å²) in [6, 6.07) is 18.5. The Kier molecular flexibility index (Phi) is 7.88. The summed E-state index contributed by atoms with van der Waals surface area (Å²) in [5.41, 5.74) is 2.30. The van der Waals surface area contributed by atoms with Gasteiger partial charge in [-0.3, -0.25) is 9.69 Å². The number of hydrogen-bond acceptors (Lipinski definition) is 4. The molecule has 1 fully saturated rings. The van der Waals surface area contributed by atoms with Gasteiger partial charge >= 0.3 is 0 Å². The van der Waals surface area contributed by atoms with Crippen molar-refractivity contribution in [2.45, 2.75) is 25.8 Å². The maximum absolute atomic E-state index is 12.5. The van der Waals surface area contributed by atoms with Gasteiger partial charge in [0.05, 0.1) is 25.9 Å². The summed E-state index contributed by atoms with van der Waals surface area (Å²) in [6.07, 6.45) is 1.13. The van der Waals surface area contributed by atoms with Crippen molar-refractivity contribution in [2.24, 2.45) is 0 Å². The normalized spacial score (nSPS) is 15.8. The van der Waals surface area contributed by atoms with Crippen molar-refractivity contribution in [1.82, 2.24) is 10.2 Å². The zero-order valence-electron chi connectivity index (χ0n) is 16.6. The van der Waals surface area contributed by atoms with Gasteiger partial charge in [0.25, 0.3) is 0 Å². The Morgan fingerprint density at radius 3 is 2.57 bits per heavy atom. The smallest absolute Gasteiger partial charge is 0.220 e. The van der Waals surface area contributed by atoms with Crippen molar-refractivity contribution < 1.29 is 14.3 Å². The lowest BCUT2D eigenvalue weighted by atomic mass is 10.0. The summed E-state index contributed by atoms with van der Waals surface area (Å²) >= 11 is 0. The number of amides is 1. The molecular weight excluding hydrogens is 352 g/mol. The fraction of sp³-hybridized carbons (Fsp3) is 0.435. The predicted octanol–water partition coefficient (Wildman–Crippen LogP) is 3.21. The van der Waals surface area contributed by atoms with Crippen LogP contribution in [0.5, 0.6) is 5.75 Å². The minimum absolute atomic E-state index is 0.0699. The molecule has 1 atom stereocenters. The zero-order valence-corrected chi connectivity index (χ0v) is 16.6. The molecule has 0 aliphatic carbocycles. The van der Waals surface area contributed by atoms with E-state index in [1.54, 1.807) is 0 Å². The van der Waals surface area contributed by atoms with Crippen LogP contribution < -0.4 is 10.1 Å². The third kappa shape index (κ3) is 5.81. The highest BCUT2D eigenvalue weighted by molar-refractivity contribution is 5.76. The molecule has 2 aromatic rings. The number of aryl methyl sites for hydroxylation is 1. The molecule has 0 radical (unpaired) electrons. The summed E-state index contributed by atoms with van der Waals surface area (Å²) in [6.45, 7) is 6.46. The van der Waals surface area contributed by atoms with Crippen molar-refractivity contribution >= 4 is 5.91 Å². The van der Waals surface area contributed by atoms with Crippen LogP contribution in [0.15, 0.2) is 54.6 Å². The third-order valence-electron chi connectivity index (χ3n) is 5.06. The Bertz CT molecular complexity index is 730. The average Bonchev–Trinajstić information content (AvgIpc) is 2.75. The lowest BCUT2D eigenvalue weighted by molar-refractivity contribution is -0.121. The van der Waals surface area contributed by atoms with E-state index >= 15 is 0 Å². The molecule has 2 aromatic carbocycles. The minimum atomic E-state index is 0.0699. The van der Waals surface area contributed by atoms with Crippen LogP contribution in [0.1, 0.15) is 30.5 Å². The number of para-hydroxylation sites is 1. The molecule has 5 nitrogen and oxygen atoms in total. The molecule has 0 aromatic heterocycles. The van der Waals surface area contributed by atoms with E-state index in [2.05, 4.69) is 34.5 Å². The lowest BCUT2D eigenvalue weighted by Gasteiger charge is -2.35. The molecule has 1 unspecified atom stereocenters. The second-order valence-corrected chi connectivity index (χ2v) is 6.92. The van der Waals surface area contributed by atoms with Crippen LogP contribution in [0.4, 0.5) is 0 Å². The van der Waals surface area contributed by atoms with Gasteiger partial charge in [0.1, 0.15) is 5.75 Å². The van der Waals surface area contributed by atoms with E-state index in [1.807, 2.05) is 37.3 Å². The van der Waals surface area contributed by atoms with Gasteiger partial charge in [-0.25, -0.2) is 0 Å². The maximum Gasteiger partial charge on any atom is 0.220 e. The predicted molar refractivity (Wildman–Crippen MR) is 111 cm³/mol. The highest BCUT2D eigenvalue weighted by Gasteiger charge is 2.23. The fourth-order valence-electron chi connectivity index (χ4n) is 3.58. The summed E-state index contributed by atoms with van der Waals surface area (Å²) < 4.78 is 11.1. The Balaban J connectivity index is 1.56. The number of rotatable bonds is 9. The fourth-order valence-corrected chi connectivity index (χ4v) is 3.58. The standard InChI is InChI=1S/C23H30N2O3/c1-2-28-22-11-7-6-10-20(22)12-13-23(26)24-18-21(19-8-4-3-5-9-19)25-14-16-27-17-15-25/h3-11,21H,2,12-18H2,1H3,(H,24,26). The molecule has 1 aliphatic heterocycles. The van der Waals surface area contributed by atoms with E-state index in [4.69, 9.17) is 9.47 Å². The van der Waals surface area contributed by atoms with Crippen LogP contribution in [-0.4, -0.2) is 50.3 Å². The second kappa shape index (κ2) is 10.8. The monoisotopic (exact) mass is 382 g/mol. The van der Waals surface area contributed by atoms with Gasteiger partial charge in [-0.2, -0.15) is 0 Å². The van der Waals surface area contributed by atoms with E-state index in [0.29, 0.717) is 26.0 Å². The molecule has 1 amide bonds. The van der Waals surface area contributed by atoms with Gasteiger partial charge in [0, 0.05) is 26.1 Å². The van der Waals surface area contributed by atoms with Crippen molar-refractivity contribution in [3.05, 3.63) is 65.7 Å². The number of nitrogens with one attached hydrogen (secondary N) is 1. The zero-order chi connectivity index (χ0) is 19.6. The van der Waals surface area contributed by atoms with Gasteiger partial charge in [0.15, 0.2) is 0 Å². The molecule has 0 spiro atoms. The largest absolute Gasteiger partial charge is 0.494 e. The number of benzene rings is 2.